The van der Waals surface area contributed by atoms with Gasteiger partial charge in [-0.3, -0.25) is 0 Å². The van der Waals surface area contributed by atoms with Crippen molar-refractivity contribution in [1.82, 2.24) is 4.90 Å². The maximum absolute atomic E-state index is 5.60. The van der Waals surface area contributed by atoms with Gasteiger partial charge >= 0.3 is 17.6 Å². The van der Waals surface area contributed by atoms with Gasteiger partial charge in [0, 0.05) is 67.3 Å². The second-order valence-electron chi connectivity index (χ2n) is 5.33. The molecule has 0 aromatic heterocycles. The van der Waals surface area contributed by atoms with Crippen molar-refractivity contribution in [3.05, 3.63) is 0 Å². The predicted molar refractivity (Wildman–Crippen MR) is 95.4 cm³/mol. The van der Waals surface area contributed by atoms with Crippen LogP contribution in [-0.2, 0) is 26.6 Å². The van der Waals surface area contributed by atoms with Gasteiger partial charge in [0.25, 0.3) is 0 Å². The largest absolute Gasteiger partial charge is 0.501 e. The van der Waals surface area contributed by atoms with Crippen LogP contribution in [-0.4, -0.2) is 91.8 Å². The third-order valence-corrected chi connectivity index (χ3v) is 9.02. The molecule has 0 saturated carbocycles. The molecule has 0 spiro atoms. The molecular formula is C13H36N2O6Si2. The summed E-state index contributed by atoms with van der Waals surface area (Å²) in [6, 6.07) is 1.52. The molecule has 23 heavy (non-hydrogen) atoms. The fourth-order valence-electron chi connectivity index (χ4n) is 1.81. The lowest BCUT2D eigenvalue weighted by Gasteiger charge is -2.25. The Morgan fingerprint density at radius 1 is 0.783 bits per heavy atom. The maximum atomic E-state index is 5.60. The van der Waals surface area contributed by atoms with Crippen LogP contribution in [0.1, 0.15) is 6.92 Å². The van der Waals surface area contributed by atoms with Crippen LogP contribution in [0.5, 0.6) is 0 Å². The monoisotopic (exact) mass is 372 g/mol. The minimum Gasteiger partial charge on any atom is -0.377 e. The summed E-state index contributed by atoms with van der Waals surface area (Å²) in [6.07, 6.45) is 0. The third kappa shape index (κ3) is 10.6. The molecule has 8 nitrogen and oxygen atoms in total. The molecular weight excluding hydrogens is 336 g/mol. The second kappa shape index (κ2) is 13.4. The first-order chi connectivity index (χ1) is 10.7. The highest BCUT2D eigenvalue weighted by Gasteiger charge is 2.38. The third-order valence-electron chi connectivity index (χ3n) is 3.30. The van der Waals surface area contributed by atoms with E-state index in [0.717, 1.165) is 12.6 Å². The van der Waals surface area contributed by atoms with Crippen LogP contribution >= 0.6 is 0 Å². The predicted octanol–water partition coefficient (Wildman–Crippen LogP) is 0.638. The molecule has 1 atom stereocenters. The van der Waals surface area contributed by atoms with Gasteiger partial charge < -0.3 is 37.2 Å². The number of rotatable bonds is 11. The van der Waals surface area contributed by atoms with Crippen molar-refractivity contribution in [2.45, 2.75) is 25.1 Å². The van der Waals surface area contributed by atoms with E-state index in [2.05, 4.69) is 4.90 Å². The standard InChI is InChI=1S/C7H19NO3Si.C6H17NO3Si/c1-8(2)6-7-12(9-3,10-4)11-5;1-6(7)5-11(8-2,9-3)10-4/h6-7H2,1-5H3;6H,5,7H2,1-4H3. The van der Waals surface area contributed by atoms with Gasteiger partial charge in [-0.1, -0.05) is 0 Å². The molecule has 0 heterocycles. The summed E-state index contributed by atoms with van der Waals surface area (Å²) in [7, 11) is 8.96. The van der Waals surface area contributed by atoms with E-state index in [1.807, 2.05) is 21.0 Å². The lowest BCUT2D eigenvalue weighted by molar-refractivity contribution is 0.120. The Morgan fingerprint density at radius 2 is 1.13 bits per heavy atom. The maximum Gasteiger partial charge on any atom is 0.501 e. The van der Waals surface area contributed by atoms with Gasteiger partial charge in [-0.25, -0.2) is 0 Å². The van der Waals surface area contributed by atoms with Gasteiger partial charge in [0.05, 0.1) is 0 Å². The van der Waals surface area contributed by atoms with Crippen LogP contribution in [0, 0.1) is 0 Å². The lowest BCUT2D eigenvalue weighted by Crippen LogP contribution is -2.46. The minimum atomic E-state index is -2.41. The molecule has 0 amide bonds. The molecule has 0 aromatic carbocycles. The van der Waals surface area contributed by atoms with E-state index in [4.69, 9.17) is 32.3 Å². The molecule has 0 aliphatic carbocycles. The van der Waals surface area contributed by atoms with Crippen LogP contribution in [0.4, 0.5) is 0 Å². The zero-order valence-corrected chi connectivity index (χ0v) is 18.2. The van der Waals surface area contributed by atoms with Gasteiger partial charge in [-0.2, -0.15) is 0 Å². The number of nitrogens with two attached hydrogens (primary N) is 1. The summed E-state index contributed by atoms with van der Waals surface area (Å²) < 4.78 is 31.2. The fourth-order valence-corrected chi connectivity index (χ4v) is 5.43. The van der Waals surface area contributed by atoms with E-state index in [-0.39, 0.29) is 6.04 Å². The topological polar surface area (TPSA) is 84.6 Å². The minimum absolute atomic E-state index is 0.0431. The van der Waals surface area contributed by atoms with E-state index in [9.17, 15) is 0 Å². The molecule has 142 valence electrons. The zero-order valence-electron chi connectivity index (χ0n) is 16.2. The number of hydrogen-bond donors (Lipinski definition) is 1. The molecule has 10 heteroatoms. The highest BCUT2D eigenvalue weighted by molar-refractivity contribution is 6.61. The van der Waals surface area contributed by atoms with Crippen molar-refractivity contribution < 1.29 is 26.6 Å². The summed E-state index contributed by atoms with van der Waals surface area (Å²) in [5.41, 5.74) is 5.60. The van der Waals surface area contributed by atoms with Crippen LogP contribution in [0.3, 0.4) is 0 Å². The van der Waals surface area contributed by atoms with Crippen LogP contribution < -0.4 is 5.73 Å². The van der Waals surface area contributed by atoms with Crippen LogP contribution in [0.2, 0.25) is 12.1 Å². The first-order valence-corrected chi connectivity index (χ1v) is 11.3. The Kier molecular flexibility index (Phi) is 14.8. The first-order valence-electron chi connectivity index (χ1n) is 7.41. The van der Waals surface area contributed by atoms with E-state index in [0.29, 0.717) is 6.04 Å². The second-order valence-corrected chi connectivity index (χ2v) is 11.4. The molecule has 0 aliphatic rings. The summed E-state index contributed by atoms with van der Waals surface area (Å²) in [6.45, 7) is 2.82. The first kappa shape index (κ1) is 25.4. The molecule has 0 saturated heterocycles. The molecule has 1 unspecified atom stereocenters. The van der Waals surface area contributed by atoms with Gasteiger partial charge in [0.2, 0.25) is 0 Å². The SMILES string of the molecule is CO[Si](CC(C)N)(OC)OC.CO[Si](CCN(C)C)(OC)OC. The molecule has 0 rings (SSSR count). The quantitative estimate of drug-likeness (QED) is 0.529. The average molecular weight is 373 g/mol. The fraction of sp³-hybridized carbons (Fsp3) is 1.00. The van der Waals surface area contributed by atoms with Gasteiger partial charge in [0.15, 0.2) is 0 Å². The Bertz CT molecular complexity index is 261. The Balaban J connectivity index is 0. The van der Waals surface area contributed by atoms with Crippen molar-refractivity contribution >= 4 is 17.6 Å². The summed E-state index contributed by atoms with van der Waals surface area (Å²) in [4.78, 5) is 2.08. The Morgan fingerprint density at radius 3 is 1.30 bits per heavy atom. The normalized spacial score (nSPS) is 13.7. The van der Waals surface area contributed by atoms with E-state index in [1.165, 1.54) is 0 Å². The molecule has 0 fully saturated rings. The lowest BCUT2D eigenvalue weighted by atomic mass is 10.4. The van der Waals surface area contributed by atoms with Gasteiger partial charge in [0.1, 0.15) is 0 Å². The molecule has 0 radical (unpaired) electrons. The van der Waals surface area contributed by atoms with Crippen LogP contribution in [0.15, 0.2) is 0 Å². The van der Waals surface area contributed by atoms with Gasteiger partial charge in [-0.15, -0.1) is 0 Å². The Hall–Kier alpha value is 0.114. The molecule has 0 aromatic rings. The van der Waals surface area contributed by atoms with Crippen molar-refractivity contribution in [2.75, 3.05) is 63.3 Å². The summed E-state index contributed by atoms with van der Waals surface area (Å²) in [5, 5.41) is 0. The Labute approximate surface area is 143 Å². The molecule has 2 N–H and O–H groups in total. The smallest absolute Gasteiger partial charge is 0.377 e. The average Bonchev–Trinajstić information content (AvgIpc) is 2.55. The van der Waals surface area contributed by atoms with Crippen molar-refractivity contribution in [3.63, 3.8) is 0 Å². The van der Waals surface area contributed by atoms with Gasteiger partial charge in [-0.05, 0) is 21.0 Å². The van der Waals surface area contributed by atoms with Crippen molar-refractivity contribution in [3.8, 4) is 0 Å². The van der Waals surface area contributed by atoms with E-state index < -0.39 is 17.6 Å². The summed E-state index contributed by atoms with van der Waals surface area (Å²) in [5.74, 6) is 0. The van der Waals surface area contributed by atoms with Crippen molar-refractivity contribution in [2.24, 2.45) is 5.73 Å². The van der Waals surface area contributed by atoms with Crippen molar-refractivity contribution in [1.29, 1.82) is 0 Å². The molecule has 0 aliphatic heterocycles. The molecule has 0 bridgehead atoms. The summed E-state index contributed by atoms with van der Waals surface area (Å²) >= 11 is 0. The highest BCUT2D eigenvalue weighted by Crippen LogP contribution is 2.13. The highest BCUT2D eigenvalue weighted by atomic mass is 28.4. The number of nitrogens with zero attached hydrogens (tertiary/aromatic N) is 1. The van der Waals surface area contributed by atoms with E-state index in [1.54, 1.807) is 42.7 Å². The zero-order chi connectivity index (χ0) is 18.5. The number of hydrogen-bond acceptors (Lipinski definition) is 8. The van der Waals surface area contributed by atoms with Crippen LogP contribution in [0.25, 0.3) is 0 Å². The van der Waals surface area contributed by atoms with E-state index >= 15 is 0 Å².